The molecular weight excluding hydrogens is 654 g/mol. The molecule has 2 aromatic carbocycles. The van der Waals surface area contributed by atoms with E-state index in [1.54, 1.807) is 17.9 Å². The Labute approximate surface area is 276 Å². The van der Waals surface area contributed by atoms with E-state index in [1.165, 1.54) is 4.90 Å². The molecule has 5 bridgehead atoms. The molecule has 4 aliphatic rings. The van der Waals surface area contributed by atoms with E-state index < -0.39 is 59.5 Å². The number of aliphatic hydroxyl groups is 1. The van der Waals surface area contributed by atoms with Crippen LogP contribution >= 0.6 is 15.9 Å². The number of amides is 3. The molecule has 1 spiro atoms. The lowest BCUT2D eigenvalue weighted by molar-refractivity contribution is -0.161. The van der Waals surface area contributed by atoms with Crippen molar-refractivity contribution in [1.29, 1.82) is 0 Å². The third-order valence-corrected chi connectivity index (χ3v) is 10.1. The van der Waals surface area contributed by atoms with E-state index in [4.69, 9.17) is 9.47 Å². The van der Waals surface area contributed by atoms with Gasteiger partial charge in [0.2, 0.25) is 11.8 Å². The number of benzene rings is 2. The van der Waals surface area contributed by atoms with Crippen molar-refractivity contribution >= 4 is 45.3 Å². The molecule has 4 heterocycles. The molecule has 11 heteroatoms. The normalized spacial score (nSPS) is 32.2. The number of nitrogens with zero attached hydrogens (tertiary/aromatic N) is 2. The number of para-hydroxylation sites is 1. The van der Waals surface area contributed by atoms with Gasteiger partial charge in [-0.1, -0.05) is 76.6 Å². The second-order valence-electron chi connectivity index (χ2n) is 12.4. The summed E-state index contributed by atoms with van der Waals surface area (Å²) >= 11 is 3.58. The van der Waals surface area contributed by atoms with Crippen LogP contribution in [0.5, 0.6) is 0 Å². The average molecular weight is 693 g/mol. The molecule has 0 aromatic heterocycles. The molecule has 4 aliphatic heterocycles. The van der Waals surface area contributed by atoms with Crippen molar-refractivity contribution in [3.8, 4) is 0 Å². The van der Waals surface area contributed by atoms with Crippen LogP contribution in [0.25, 0.3) is 0 Å². The van der Waals surface area contributed by atoms with Crippen LogP contribution in [0.15, 0.2) is 71.2 Å². The summed E-state index contributed by atoms with van der Waals surface area (Å²) in [5.41, 5.74) is 1.66. The van der Waals surface area contributed by atoms with Gasteiger partial charge in [0.25, 0.3) is 5.91 Å². The molecule has 242 valence electrons. The lowest BCUT2D eigenvalue weighted by Gasteiger charge is -2.36. The second kappa shape index (κ2) is 12.8. The Morgan fingerprint density at radius 3 is 2.39 bits per heavy atom. The number of hydrogen-bond donors (Lipinski definition) is 2. The number of rotatable bonds is 4. The minimum absolute atomic E-state index is 0.110. The van der Waals surface area contributed by atoms with Crippen molar-refractivity contribution in [1.82, 2.24) is 10.2 Å². The summed E-state index contributed by atoms with van der Waals surface area (Å²) in [7, 11) is 0. The Bertz CT molecular complexity index is 1590. The number of cyclic esters (lactones) is 1. The number of nitrogens with one attached hydrogen (secondary N) is 1. The summed E-state index contributed by atoms with van der Waals surface area (Å²) in [4.78, 5) is 59.4. The van der Waals surface area contributed by atoms with Gasteiger partial charge in [-0.3, -0.25) is 19.2 Å². The summed E-state index contributed by atoms with van der Waals surface area (Å²) in [6, 6.07) is 13.2. The highest BCUT2D eigenvalue weighted by Crippen LogP contribution is 2.59. The van der Waals surface area contributed by atoms with Gasteiger partial charge in [-0.15, -0.1) is 0 Å². The third kappa shape index (κ3) is 5.38. The number of carbonyl (C=O) groups excluding carboxylic acids is 4. The molecule has 0 radical (unpaired) electrons. The Morgan fingerprint density at radius 2 is 1.70 bits per heavy atom. The van der Waals surface area contributed by atoms with Gasteiger partial charge in [-0.2, -0.15) is 0 Å². The van der Waals surface area contributed by atoms with Gasteiger partial charge >= 0.3 is 5.97 Å². The predicted octanol–water partition coefficient (Wildman–Crippen LogP) is 3.64. The minimum Gasteiger partial charge on any atom is -0.455 e. The van der Waals surface area contributed by atoms with E-state index in [-0.39, 0.29) is 32.0 Å². The molecule has 6 rings (SSSR count). The van der Waals surface area contributed by atoms with Gasteiger partial charge in [0.15, 0.2) is 0 Å². The molecule has 46 heavy (non-hydrogen) atoms. The number of aryl methyl sites for hydroxylation is 2. The highest BCUT2D eigenvalue weighted by molar-refractivity contribution is 9.11. The average Bonchev–Trinajstić information content (AvgIpc) is 3.61. The number of fused-ring (bicyclic) bond motifs is 2. The van der Waals surface area contributed by atoms with E-state index in [0.29, 0.717) is 22.2 Å². The highest BCUT2D eigenvalue weighted by Gasteiger charge is 2.75. The fourth-order valence-electron chi connectivity index (χ4n) is 7.50. The van der Waals surface area contributed by atoms with Crippen LogP contribution in [0.2, 0.25) is 0 Å². The van der Waals surface area contributed by atoms with Crippen molar-refractivity contribution in [3.05, 3.63) is 87.9 Å². The number of halogens is 1. The largest absolute Gasteiger partial charge is 0.455 e. The maximum atomic E-state index is 14.9. The van der Waals surface area contributed by atoms with Crippen molar-refractivity contribution < 1.29 is 33.8 Å². The molecule has 10 nitrogen and oxygen atoms in total. The maximum absolute atomic E-state index is 14.9. The Kier molecular flexibility index (Phi) is 8.93. The standard InChI is InChI=1S/C35H38BrN3O7/c1-20-11-10-12-21(2)28(20)38-16-9-5-8-15-25(41)37-22(3)29(23-13-6-4-7-14-23)45-34(44)26-27-32(42)39(17-18-40)31(33(38)43)35(27)19-24(36)30(26)46-35/h4-7,9-14,19,22,26-27,29-31,40H,8,15-18H2,1-3H3,(H,37,41)/b9-5-/t22-,26+,27-,29+,30+,31+,35-/m0/s1. The lowest BCUT2D eigenvalue weighted by atomic mass is 9.74. The zero-order valence-electron chi connectivity index (χ0n) is 26.0. The number of hydrogen-bond acceptors (Lipinski definition) is 7. The molecule has 0 unspecified atom stereocenters. The summed E-state index contributed by atoms with van der Waals surface area (Å²) < 4.78 is 13.3. The zero-order valence-corrected chi connectivity index (χ0v) is 27.6. The molecule has 0 aliphatic carbocycles. The summed E-state index contributed by atoms with van der Waals surface area (Å²) in [5.74, 6) is -3.84. The Hall–Kier alpha value is -3.80. The van der Waals surface area contributed by atoms with Crippen LogP contribution in [-0.4, -0.2) is 77.2 Å². The maximum Gasteiger partial charge on any atom is 0.313 e. The highest BCUT2D eigenvalue weighted by atomic mass is 79.9. The Morgan fingerprint density at radius 1 is 0.978 bits per heavy atom. The number of aliphatic hydroxyl groups excluding tert-OH is 1. The fourth-order valence-corrected chi connectivity index (χ4v) is 8.24. The molecule has 3 amide bonds. The quantitative estimate of drug-likeness (QED) is 0.371. The van der Waals surface area contributed by atoms with Crippen molar-refractivity contribution in [2.45, 2.75) is 63.5 Å². The van der Waals surface area contributed by atoms with Gasteiger partial charge in [0, 0.05) is 29.7 Å². The van der Waals surface area contributed by atoms with Gasteiger partial charge < -0.3 is 29.7 Å². The van der Waals surface area contributed by atoms with E-state index in [9.17, 15) is 24.3 Å². The predicted molar refractivity (Wildman–Crippen MR) is 174 cm³/mol. The van der Waals surface area contributed by atoms with Crippen molar-refractivity contribution in [2.24, 2.45) is 11.8 Å². The number of anilines is 1. The van der Waals surface area contributed by atoms with Gasteiger partial charge in [-0.05, 0) is 50.0 Å². The molecule has 2 fully saturated rings. The van der Waals surface area contributed by atoms with E-state index in [2.05, 4.69) is 21.2 Å². The number of β-amino-alcohol motifs (C(OH)–C–C–N with tert-alkyl or cyclic N) is 1. The topological polar surface area (TPSA) is 125 Å². The monoisotopic (exact) mass is 691 g/mol. The van der Waals surface area contributed by atoms with Gasteiger partial charge in [0.05, 0.1) is 18.6 Å². The first-order chi connectivity index (χ1) is 22.1. The van der Waals surface area contributed by atoms with E-state index >= 15 is 0 Å². The zero-order chi connectivity index (χ0) is 32.7. The van der Waals surface area contributed by atoms with Gasteiger partial charge in [-0.25, -0.2) is 0 Å². The fraction of sp³-hybridized carbons (Fsp3) is 0.429. The van der Waals surface area contributed by atoms with E-state index in [1.807, 2.05) is 74.5 Å². The van der Waals surface area contributed by atoms with Crippen LogP contribution in [0.1, 0.15) is 42.6 Å². The van der Waals surface area contributed by atoms with E-state index in [0.717, 1.165) is 11.1 Å². The van der Waals surface area contributed by atoms with Crippen LogP contribution in [-0.2, 0) is 28.7 Å². The molecular formula is C35H38BrN3O7. The van der Waals surface area contributed by atoms with Crippen LogP contribution in [0, 0.1) is 25.7 Å². The first-order valence-corrected chi connectivity index (χ1v) is 16.4. The number of carbonyl (C=O) groups is 4. The smallest absolute Gasteiger partial charge is 0.313 e. The van der Waals surface area contributed by atoms with Crippen LogP contribution < -0.4 is 10.2 Å². The Balaban J connectivity index is 1.48. The van der Waals surface area contributed by atoms with Crippen LogP contribution in [0.3, 0.4) is 0 Å². The second-order valence-corrected chi connectivity index (χ2v) is 13.3. The summed E-state index contributed by atoms with van der Waals surface area (Å²) in [5, 5.41) is 13.0. The van der Waals surface area contributed by atoms with Crippen LogP contribution in [0.4, 0.5) is 5.69 Å². The number of esters is 1. The molecule has 2 N–H and O–H groups in total. The first-order valence-electron chi connectivity index (χ1n) is 15.6. The molecule has 2 aromatic rings. The SMILES string of the molecule is Cc1cccc(C)c1N1C/C=C\CCC(=O)N[C@@H](C)[C@H](c2ccccc2)OC(=O)[C@H]2[C@@H]3O[C@@]4(C=C3Br)[C@@H]2C(=O)N(CCO)[C@@H]4C1=O. The van der Waals surface area contributed by atoms with Crippen molar-refractivity contribution in [2.75, 3.05) is 24.6 Å². The van der Waals surface area contributed by atoms with Crippen molar-refractivity contribution in [3.63, 3.8) is 0 Å². The summed E-state index contributed by atoms with van der Waals surface area (Å²) in [6.07, 6.45) is 4.40. The number of allylic oxidation sites excluding steroid dienone is 1. The molecule has 0 saturated carbocycles. The molecule has 2 saturated heterocycles. The molecule has 7 atom stereocenters. The number of likely N-dealkylation sites (tertiary alicyclic amines) is 1. The lowest BCUT2D eigenvalue weighted by Crippen LogP contribution is -2.56. The summed E-state index contributed by atoms with van der Waals surface area (Å²) in [6.45, 7) is 5.31. The minimum atomic E-state index is -1.47. The first kappa shape index (κ1) is 32.2. The number of ether oxygens (including phenoxy) is 2. The van der Waals surface area contributed by atoms with Gasteiger partial charge in [0.1, 0.15) is 29.8 Å². The third-order valence-electron chi connectivity index (χ3n) is 9.46.